The quantitative estimate of drug-likeness (QED) is 0.367. The normalized spacial score (nSPS) is 20.2. The number of thioether (sulfide) groups is 1. The number of nitrogens with zero attached hydrogens (tertiary/aromatic N) is 3. The summed E-state index contributed by atoms with van der Waals surface area (Å²) in [5, 5.41) is 9.66. The first-order valence-corrected chi connectivity index (χ1v) is 10.3. The minimum Gasteiger partial charge on any atom is -0.464 e. The van der Waals surface area contributed by atoms with Gasteiger partial charge in [-0.3, -0.25) is 4.68 Å². The fraction of sp³-hybridized carbons (Fsp3) is 0.375. The van der Waals surface area contributed by atoms with Crippen LogP contribution in [0.25, 0.3) is 0 Å². The number of ether oxygens (including phenoxy) is 1. The molecule has 0 saturated carbocycles. The Balaban J connectivity index is 1.87. The van der Waals surface area contributed by atoms with Gasteiger partial charge >= 0.3 is 0 Å². The molecule has 0 bridgehead atoms. The third kappa shape index (κ3) is 3.83. The van der Waals surface area contributed by atoms with Gasteiger partial charge < -0.3 is 9.57 Å². The number of hydrogen-bond acceptors (Lipinski definition) is 5. The van der Waals surface area contributed by atoms with Crippen molar-refractivity contribution in [1.29, 1.82) is 0 Å². The Hall–Kier alpha value is -0.930. The summed E-state index contributed by atoms with van der Waals surface area (Å²) in [6, 6.07) is 10.3. The minimum atomic E-state index is -0.418. The van der Waals surface area contributed by atoms with Gasteiger partial charge in [0.25, 0.3) is 5.90 Å². The summed E-state index contributed by atoms with van der Waals surface area (Å²) in [6.45, 7) is 2.42. The van der Waals surface area contributed by atoms with Crippen molar-refractivity contribution in [3.8, 4) is 0 Å². The van der Waals surface area contributed by atoms with Crippen LogP contribution in [0.15, 0.2) is 40.5 Å². The van der Waals surface area contributed by atoms with Crippen molar-refractivity contribution < 1.29 is 9.57 Å². The average molecular weight is 478 g/mol. The summed E-state index contributed by atoms with van der Waals surface area (Å²) < 4.78 is 8.61. The molecule has 24 heavy (non-hydrogen) atoms. The highest BCUT2D eigenvalue weighted by Crippen LogP contribution is 2.33. The first-order chi connectivity index (χ1) is 11.5. The van der Waals surface area contributed by atoms with Crippen LogP contribution < -0.4 is 0 Å². The van der Waals surface area contributed by atoms with Gasteiger partial charge in [0.2, 0.25) is 0 Å². The molecule has 1 aromatic heterocycles. The number of benzene rings is 1. The van der Waals surface area contributed by atoms with E-state index in [1.165, 1.54) is 5.56 Å². The van der Waals surface area contributed by atoms with Crippen LogP contribution in [0.1, 0.15) is 18.1 Å². The molecule has 1 unspecified atom stereocenters. The lowest BCUT2D eigenvalue weighted by atomic mass is 10.1. The number of aryl methyl sites for hydroxylation is 1. The molecule has 1 aliphatic heterocycles. The number of oxime groups is 1. The van der Waals surface area contributed by atoms with Crippen LogP contribution in [0.4, 0.5) is 0 Å². The summed E-state index contributed by atoms with van der Waals surface area (Å²) in [5.41, 5.74) is 1.50. The summed E-state index contributed by atoms with van der Waals surface area (Å²) in [5.74, 6) is 1.20. The molecular formula is C16H17ClIN3O2S. The molecule has 0 aliphatic carbocycles. The van der Waals surface area contributed by atoms with E-state index in [1.54, 1.807) is 16.4 Å². The number of halogens is 2. The van der Waals surface area contributed by atoms with Crippen LogP contribution >= 0.6 is 46.0 Å². The monoisotopic (exact) mass is 477 g/mol. The van der Waals surface area contributed by atoms with Crippen molar-refractivity contribution in [2.45, 2.75) is 23.3 Å². The van der Waals surface area contributed by atoms with Crippen LogP contribution in [-0.4, -0.2) is 32.3 Å². The molecule has 0 amide bonds. The van der Waals surface area contributed by atoms with Gasteiger partial charge in [-0.1, -0.05) is 64.5 Å². The highest BCUT2D eigenvalue weighted by Gasteiger charge is 2.35. The molecular weight excluding hydrogens is 461 g/mol. The van der Waals surface area contributed by atoms with E-state index in [-0.39, 0.29) is 0 Å². The van der Waals surface area contributed by atoms with Crippen LogP contribution in [-0.2, 0) is 22.4 Å². The van der Waals surface area contributed by atoms with Gasteiger partial charge in [0.05, 0.1) is 0 Å². The van der Waals surface area contributed by atoms with Gasteiger partial charge in [-0.15, -0.1) is 11.8 Å². The zero-order valence-electron chi connectivity index (χ0n) is 13.3. The van der Waals surface area contributed by atoms with Crippen LogP contribution in [0.3, 0.4) is 0 Å². The fourth-order valence-corrected chi connectivity index (χ4v) is 3.99. The largest absolute Gasteiger partial charge is 0.464 e. The second kappa shape index (κ2) is 7.53. The molecule has 1 atom stereocenters. The minimum absolute atomic E-state index is 0.369. The third-order valence-electron chi connectivity index (χ3n) is 3.53. The lowest BCUT2D eigenvalue weighted by molar-refractivity contribution is -0.0381. The molecule has 2 heterocycles. The van der Waals surface area contributed by atoms with Crippen molar-refractivity contribution in [3.63, 3.8) is 0 Å². The van der Waals surface area contributed by atoms with E-state index in [0.29, 0.717) is 23.2 Å². The van der Waals surface area contributed by atoms with Crippen LogP contribution in [0.5, 0.6) is 0 Å². The summed E-state index contributed by atoms with van der Waals surface area (Å²) in [6.07, 6.45) is 0. The molecule has 0 spiro atoms. The molecule has 5 nitrogen and oxygen atoms in total. The van der Waals surface area contributed by atoms with Crippen molar-refractivity contribution >= 4 is 51.9 Å². The summed E-state index contributed by atoms with van der Waals surface area (Å²) in [7, 11) is 1.87. The van der Waals surface area contributed by atoms with Crippen molar-refractivity contribution in [2.24, 2.45) is 12.2 Å². The van der Waals surface area contributed by atoms with Gasteiger partial charge in [-0.2, -0.15) is 5.10 Å². The standard InChI is InChI=1S/C16H17ClIN3O2S/c1-16(9-18)10-22-20-14(23-16)12-13(17)19-21(2)15(12)24-8-11-6-4-3-5-7-11/h3-7H,8-10H2,1-2H3. The first-order valence-electron chi connectivity index (χ1n) is 7.37. The highest BCUT2D eigenvalue weighted by molar-refractivity contribution is 14.1. The average Bonchev–Trinajstić information content (AvgIpc) is 2.87. The van der Waals surface area contributed by atoms with Gasteiger partial charge in [0.15, 0.2) is 17.4 Å². The molecule has 1 aromatic carbocycles. The first kappa shape index (κ1) is 17.9. The molecule has 3 rings (SSSR count). The lowest BCUT2D eigenvalue weighted by Gasteiger charge is -2.31. The second-order valence-corrected chi connectivity index (χ2v) is 7.81. The predicted octanol–water partition coefficient (Wildman–Crippen LogP) is 4.27. The zero-order chi connectivity index (χ0) is 17.2. The van der Waals surface area contributed by atoms with Gasteiger partial charge in [-0.05, 0) is 17.6 Å². The highest BCUT2D eigenvalue weighted by atomic mass is 127. The van der Waals surface area contributed by atoms with Crippen LogP contribution in [0.2, 0.25) is 5.15 Å². The molecule has 0 N–H and O–H groups in total. The smallest absolute Gasteiger partial charge is 0.264 e. The van der Waals surface area contributed by atoms with Gasteiger partial charge in [0.1, 0.15) is 10.6 Å². The molecule has 2 aromatic rings. The van der Waals surface area contributed by atoms with Gasteiger partial charge in [0, 0.05) is 17.2 Å². The maximum Gasteiger partial charge on any atom is 0.264 e. The fourth-order valence-electron chi connectivity index (χ4n) is 2.22. The molecule has 8 heteroatoms. The van der Waals surface area contributed by atoms with E-state index in [1.807, 2.05) is 32.2 Å². The Kier molecular flexibility index (Phi) is 5.61. The number of hydrogen-bond donors (Lipinski definition) is 0. The topological polar surface area (TPSA) is 48.6 Å². The van der Waals surface area contributed by atoms with E-state index in [4.69, 9.17) is 21.2 Å². The molecule has 0 radical (unpaired) electrons. The number of rotatable bonds is 5. The molecule has 128 valence electrons. The Morgan fingerprint density at radius 3 is 2.83 bits per heavy atom. The lowest BCUT2D eigenvalue weighted by Crippen LogP contribution is -2.41. The van der Waals surface area contributed by atoms with Crippen LogP contribution in [0, 0.1) is 0 Å². The Morgan fingerprint density at radius 1 is 1.38 bits per heavy atom. The maximum atomic E-state index is 6.34. The van der Waals surface area contributed by atoms with E-state index in [9.17, 15) is 0 Å². The zero-order valence-corrected chi connectivity index (χ0v) is 17.1. The Bertz CT molecular complexity index is 753. The maximum absolute atomic E-state index is 6.34. The van der Waals surface area contributed by atoms with Gasteiger partial charge in [-0.25, -0.2) is 0 Å². The second-order valence-electron chi connectivity index (χ2n) is 5.72. The molecule has 0 saturated heterocycles. The van der Waals surface area contributed by atoms with Crippen molar-refractivity contribution in [2.75, 3.05) is 11.0 Å². The SMILES string of the molecule is Cn1nc(Cl)c(C2=NOCC(C)(CI)O2)c1SCc1ccccc1. The van der Waals surface area contributed by atoms with E-state index in [2.05, 4.69) is 45.0 Å². The van der Waals surface area contributed by atoms with Crippen molar-refractivity contribution in [1.82, 2.24) is 9.78 Å². The predicted molar refractivity (Wildman–Crippen MR) is 105 cm³/mol. The van der Waals surface area contributed by atoms with E-state index in [0.717, 1.165) is 15.2 Å². The summed E-state index contributed by atoms with van der Waals surface area (Å²) >= 11 is 10.3. The Morgan fingerprint density at radius 2 is 2.12 bits per heavy atom. The van der Waals surface area contributed by atoms with Crippen molar-refractivity contribution in [3.05, 3.63) is 46.6 Å². The Labute approximate surface area is 163 Å². The molecule has 1 aliphatic rings. The molecule has 0 fully saturated rings. The number of alkyl halides is 1. The third-order valence-corrected chi connectivity index (χ3v) is 6.62. The summed E-state index contributed by atoms with van der Waals surface area (Å²) in [4.78, 5) is 5.38. The van der Waals surface area contributed by atoms with E-state index < -0.39 is 5.60 Å². The number of aromatic nitrogens is 2. The van der Waals surface area contributed by atoms with E-state index >= 15 is 0 Å².